The molecule has 0 spiro atoms. The van der Waals surface area contributed by atoms with E-state index in [1.807, 2.05) is 27.7 Å². The standard InChI is InChI=1S/C21H34O6/c1-5-15-11-17-7-9-18(26-17)13(3)20(22)24-12(2)10-16-6-8-19(25-16)14(4)21(23)27-15/h12-19H,5-11H2,1-4H3. The SMILES string of the molecule is CCC1CC2CCC(O2)C(C)C(=O)OC(C)CC2CCC(O2)C(C)C(=O)O1. The van der Waals surface area contributed by atoms with E-state index in [1.54, 1.807) is 0 Å². The van der Waals surface area contributed by atoms with Crippen LogP contribution in [0, 0.1) is 11.8 Å². The van der Waals surface area contributed by atoms with E-state index >= 15 is 0 Å². The Labute approximate surface area is 162 Å². The zero-order valence-corrected chi connectivity index (χ0v) is 17.0. The Bertz CT molecular complexity index is 535. The van der Waals surface area contributed by atoms with Gasteiger partial charge in [0.1, 0.15) is 12.2 Å². The largest absolute Gasteiger partial charge is 0.462 e. The predicted octanol–water partition coefficient (Wildman–Crippen LogP) is 3.40. The molecule has 8 unspecified atom stereocenters. The van der Waals surface area contributed by atoms with Gasteiger partial charge in [0.05, 0.1) is 36.3 Å². The van der Waals surface area contributed by atoms with Crippen LogP contribution in [-0.4, -0.2) is 48.6 Å². The van der Waals surface area contributed by atoms with Crippen molar-refractivity contribution in [2.75, 3.05) is 0 Å². The lowest BCUT2D eigenvalue weighted by atomic mass is 9.99. The predicted molar refractivity (Wildman–Crippen MR) is 99.1 cm³/mol. The van der Waals surface area contributed by atoms with Crippen molar-refractivity contribution in [1.82, 2.24) is 0 Å². The first-order chi connectivity index (χ1) is 12.9. The van der Waals surface area contributed by atoms with Crippen molar-refractivity contribution in [2.45, 2.75) is 109 Å². The maximum Gasteiger partial charge on any atom is 0.311 e. The number of fused-ring (bicyclic) bond motifs is 4. The Morgan fingerprint density at radius 1 is 0.778 bits per heavy atom. The first-order valence-corrected chi connectivity index (χ1v) is 10.6. The number of hydrogen-bond donors (Lipinski definition) is 0. The Morgan fingerprint density at radius 2 is 1.30 bits per heavy atom. The zero-order valence-electron chi connectivity index (χ0n) is 17.0. The monoisotopic (exact) mass is 382 g/mol. The topological polar surface area (TPSA) is 71.1 Å². The molecule has 3 saturated heterocycles. The van der Waals surface area contributed by atoms with Gasteiger partial charge in [-0.25, -0.2) is 0 Å². The average molecular weight is 382 g/mol. The van der Waals surface area contributed by atoms with Gasteiger partial charge < -0.3 is 18.9 Å². The average Bonchev–Trinajstić information content (AvgIpc) is 3.28. The maximum absolute atomic E-state index is 12.6. The highest BCUT2D eigenvalue weighted by molar-refractivity contribution is 5.73. The zero-order chi connectivity index (χ0) is 19.6. The number of esters is 2. The third kappa shape index (κ3) is 5.02. The smallest absolute Gasteiger partial charge is 0.311 e. The summed E-state index contributed by atoms with van der Waals surface area (Å²) in [5.41, 5.74) is 0. The molecule has 0 N–H and O–H groups in total. The summed E-state index contributed by atoms with van der Waals surface area (Å²) in [5.74, 6) is -0.944. The quantitative estimate of drug-likeness (QED) is 0.647. The van der Waals surface area contributed by atoms with Crippen LogP contribution in [0.2, 0.25) is 0 Å². The number of hydrogen-bond acceptors (Lipinski definition) is 6. The molecule has 154 valence electrons. The minimum atomic E-state index is -0.287. The van der Waals surface area contributed by atoms with E-state index < -0.39 is 0 Å². The Balaban J connectivity index is 1.73. The van der Waals surface area contributed by atoms with Crippen LogP contribution in [0.15, 0.2) is 0 Å². The van der Waals surface area contributed by atoms with Crippen LogP contribution in [0.1, 0.15) is 72.6 Å². The minimum Gasteiger partial charge on any atom is -0.462 e. The van der Waals surface area contributed by atoms with Gasteiger partial charge in [-0.05, 0) is 52.9 Å². The normalized spacial score (nSPS) is 44.0. The summed E-state index contributed by atoms with van der Waals surface area (Å²) in [4.78, 5) is 25.1. The third-order valence-electron chi connectivity index (χ3n) is 6.32. The lowest BCUT2D eigenvalue weighted by Gasteiger charge is -2.26. The summed E-state index contributed by atoms with van der Waals surface area (Å²) >= 11 is 0. The lowest BCUT2D eigenvalue weighted by Crippen LogP contribution is -2.34. The molecule has 0 saturated carbocycles. The molecule has 3 fully saturated rings. The number of carbonyl (C=O) groups is 2. The highest BCUT2D eigenvalue weighted by atomic mass is 16.6. The number of cyclic esters (lactones) is 2. The fourth-order valence-corrected chi connectivity index (χ4v) is 4.44. The van der Waals surface area contributed by atoms with Gasteiger partial charge in [-0.15, -0.1) is 0 Å². The minimum absolute atomic E-state index is 0.0188. The molecule has 8 atom stereocenters. The lowest BCUT2D eigenvalue weighted by molar-refractivity contribution is -0.164. The second kappa shape index (κ2) is 8.91. The second-order valence-corrected chi connectivity index (χ2v) is 8.51. The van der Waals surface area contributed by atoms with Crippen LogP contribution < -0.4 is 0 Å². The third-order valence-corrected chi connectivity index (χ3v) is 6.32. The van der Waals surface area contributed by atoms with Gasteiger partial charge in [0.2, 0.25) is 0 Å². The van der Waals surface area contributed by atoms with Gasteiger partial charge in [0, 0.05) is 12.8 Å². The van der Waals surface area contributed by atoms with E-state index in [-0.39, 0.29) is 60.4 Å². The summed E-state index contributed by atoms with van der Waals surface area (Å²) in [6.07, 6.45) is 4.96. The molecule has 0 radical (unpaired) electrons. The van der Waals surface area contributed by atoms with Crippen molar-refractivity contribution in [3.8, 4) is 0 Å². The molecule has 3 aliphatic rings. The van der Waals surface area contributed by atoms with Crippen LogP contribution >= 0.6 is 0 Å². The summed E-state index contributed by atoms with van der Waals surface area (Å²) in [7, 11) is 0. The molecule has 3 heterocycles. The molecule has 4 bridgehead atoms. The molecule has 3 aliphatic heterocycles. The first kappa shape index (κ1) is 20.6. The van der Waals surface area contributed by atoms with Crippen molar-refractivity contribution in [3.63, 3.8) is 0 Å². The number of carbonyl (C=O) groups excluding carboxylic acids is 2. The van der Waals surface area contributed by atoms with Crippen molar-refractivity contribution in [1.29, 1.82) is 0 Å². The number of ether oxygens (including phenoxy) is 4. The fraction of sp³-hybridized carbons (Fsp3) is 0.905. The molecular formula is C21H34O6. The molecule has 6 nitrogen and oxygen atoms in total. The molecule has 0 aliphatic carbocycles. The van der Waals surface area contributed by atoms with E-state index in [2.05, 4.69) is 0 Å². The fourth-order valence-electron chi connectivity index (χ4n) is 4.44. The molecule has 6 heteroatoms. The molecule has 0 aromatic heterocycles. The van der Waals surface area contributed by atoms with Crippen LogP contribution in [-0.2, 0) is 28.5 Å². The van der Waals surface area contributed by atoms with Crippen LogP contribution in [0.4, 0.5) is 0 Å². The summed E-state index contributed by atoms with van der Waals surface area (Å²) in [6.45, 7) is 7.70. The van der Waals surface area contributed by atoms with Gasteiger partial charge >= 0.3 is 11.9 Å². The molecule has 0 aromatic carbocycles. The second-order valence-electron chi connectivity index (χ2n) is 8.51. The van der Waals surface area contributed by atoms with Crippen molar-refractivity contribution in [3.05, 3.63) is 0 Å². The van der Waals surface area contributed by atoms with E-state index in [0.717, 1.165) is 32.1 Å². The first-order valence-electron chi connectivity index (χ1n) is 10.6. The highest BCUT2D eigenvalue weighted by Crippen LogP contribution is 2.33. The van der Waals surface area contributed by atoms with E-state index in [4.69, 9.17) is 18.9 Å². The Kier molecular flexibility index (Phi) is 6.79. The van der Waals surface area contributed by atoms with E-state index in [1.165, 1.54) is 0 Å². The Morgan fingerprint density at radius 3 is 1.85 bits per heavy atom. The molecule has 0 amide bonds. The van der Waals surface area contributed by atoms with E-state index in [0.29, 0.717) is 12.8 Å². The molecule has 3 rings (SSSR count). The van der Waals surface area contributed by atoms with Crippen LogP contribution in [0.3, 0.4) is 0 Å². The Hall–Kier alpha value is -1.14. The molecular weight excluding hydrogens is 348 g/mol. The van der Waals surface area contributed by atoms with Crippen LogP contribution in [0.5, 0.6) is 0 Å². The van der Waals surface area contributed by atoms with Crippen molar-refractivity contribution < 1.29 is 28.5 Å². The van der Waals surface area contributed by atoms with Gasteiger partial charge in [-0.2, -0.15) is 0 Å². The van der Waals surface area contributed by atoms with Crippen molar-refractivity contribution in [2.24, 2.45) is 11.8 Å². The summed E-state index contributed by atoms with van der Waals surface area (Å²) in [5, 5.41) is 0. The molecule has 27 heavy (non-hydrogen) atoms. The highest BCUT2D eigenvalue weighted by Gasteiger charge is 2.39. The van der Waals surface area contributed by atoms with Gasteiger partial charge in [-0.3, -0.25) is 9.59 Å². The molecule has 0 aromatic rings. The summed E-state index contributed by atoms with van der Waals surface area (Å²) < 4.78 is 23.7. The number of rotatable bonds is 1. The van der Waals surface area contributed by atoms with Gasteiger partial charge in [-0.1, -0.05) is 6.92 Å². The van der Waals surface area contributed by atoms with Crippen molar-refractivity contribution >= 4 is 11.9 Å². The summed E-state index contributed by atoms with van der Waals surface area (Å²) in [6, 6.07) is 0. The maximum atomic E-state index is 12.6. The van der Waals surface area contributed by atoms with Gasteiger partial charge in [0.15, 0.2) is 0 Å². The van der Waals surface area contributed by atoms with E-state index in [9.17, 15) is 9.59 Å². The van der Waals surface area contributed by atoms with Crippen LogP contribution in [0.25, 0.3) is 0 Å². The van der Waals surface area contributed by atoms with Gasteiger partial charge in [0.25, 0.3) is 0 Å².